The average molecular weight is 340 g/mol. The van der Waals surface area contributed by atoms with Crippen molar-refractivity contribution in [3.05, 3.63) is 34.3 Å². The zero-order chi connectivity index (χ0) is 14.5. The van der Waals surface area contributed by atoms with Gasteiger partial charge >= 0.3 is 5.97 Å². The van der Waals surface area contributed by atoms with Crippen LogP contribution in [0.4, 0.5) is 0 Å². The van der Waals surface area contributed by atoms with Crippen LogP contribution >= 0.6 is 15.9 Å². The van der Waals surface area contributed by atoms with Gasteiger partial charge < -0.3 is 10.4 Å². The lowest BCUT2D eigenvalue weighted by molar-refractivity contribution is -0.142. The lowest BCUT2D eigenvalue weighted by Crippen LogP contribution is -2.31. The minimum absolute atomic E-state index is 0.162. The van der Waals surface area contributed by atoms with Gasteiger partial charge in [0.05, 0.1) is 5.92 Å². The molecular formula is C16H22BrNO2. The van der Waals surface area contributed by atoms with Crippen molar-refractivity contribution >= 4 is 21.9 Å². The number of hydrogen-bond donors (Lipinski definition) is 2. The van der Waals surface area contributed by atoms with Crippen LogP contribution in [-0.2, 0) is 4.79 Å². The van der Waals surface area contributed by atoms with Crippen molar-refractivity contribution in [3.8, 4) is 0 Å². The quantitative estimate of drug-likeness (QED) is 0.823. The third-order valence-corrected chi connectivity index (χ3v) is 4.81. The van der Waals surface area contributed by atoms with Crippen LogP contribution < -0.4 is 5.32 Å². The minimum Gasteiger partial charge on any atom is -0.481 e. The summed E-state index contributed by atoms with van der Waals surface area (Å²) in [5.74, 6) is -0.520. The Kier molecular flexibility index (Phi) is 5.61. The molecule has 0 spiro atoms. The van der Waals surface area contributed by atoms with Gasteiger partial charge in [-0.05, 0) is 49.4 Å². The Morgan fingerprint density at radius 3 is 2.70 bits per heavy atom. The number of halogens is 1. The molecule has 0 heterocycles. The SMILES string of the molecule is CCC(NCC1CCCC1C(=O)O)c1ccc(Br)cc1. The van der Waals surface area contributed by atoms with Gasteiger partial charge in [0.1, 0.15) is 0 Å². The fraction of sp³-hybridized carbons (Fsp3) is 0.562. The summed E-state index contributed by atoms with van der Waals surface area (Å²) >= 11 is 3.45. The molecule has 1 aliphatic rings. The van der Waals surface area contributed by atoms with E-state index in [1.165, 1.54) is 5.56 Å². The Bertz CT molecular complexity index is 446. The third kappa shape index (κ3) is 3.83. The second-order valence-corrected chi connectivity index (χ2v) is 6.47. The Morgan fingerprint density at radius 2 is 2.10 bits per heavy atom. The maximum absolute atomic E-state index is 11.2. The first-order valence-electron chi connectivity index (χ1n) is 7.33. The maximum Gasteiger partial charge on any atom is 0.306 e. The zero-order valence-corrected chi connectivity index (χ0v) is 13.4. The van der Waals surface area contributed by atoms with E-state index < -0.39 is 5.97 Å². The fourth-order valence-corrected chi connectivity index (χ4v) is 3.36. The van der Waals surface area contributed by atoms with Crippen molar-refractivity contribution in [1.82, 2.24) is 5.32 Å². The molecule has 20 heavy (non-hydrogen) atoms. The van der Waals surface area contributed by atoms with E-state index >= 15 is 0 Å². The first-order valence-corrected chi connectivity index (χ1v) is 8.12. The van der Waals surface area contributed by atoms with Crippen molar-refractivity contribution in [1.29, 1.82) is 0 Å². The fourth-order valence-electron chi connectivity index (χ4n) is 3.09. The van der Waals surface area contributed by atoms with Crippen molar-refractivity contribution in [3.63, 3.8) is 0 Å². The highest BCUT2D eigenvalue weighted by Crippen LogP contribution is 2.32. The highest BCUT2D eigenvalue weighted by atomic mass is 79.9. The van der Waals surface area contributed by atoms with Gasteiger partial charge in [-0.1, -0.05) is 41.4 Å². The topological polar surface area (TPSA) is 49.3 Å². The van der Waals surface area contributed by atoms with Gasteiger partial charge in [-0.15, -0.1) is 0 Å². The van der Waals surface area contributed by atoms with E-state index in [-0.39, 0.29) is 11.8 Å². The molecule has 0 amide bonds. The number of carboxylic acid groups (broad SMARTS) is 1. The van der Waals surface area contributed by atoms with Crippen LogP contribution in [0, 0.1) is 11.8 Å². The summed E-state index contributed by atoms with van der Waals surface area (Å²) in [6.07, 6.45) is 3.90. The van der Waals surface area contributed by atoms with Crippen LogP contribution in [0.3, 0.4) is 0 Å². The standard InChI is InChI=1S/C16H22BrNO2/c1-2-15(11-6-8-13(17)9-7-11)18-10-12-4-3-5-14(12)16(19)20/h6-9,12,14-15,18H,2-5,10H2,1H3,(H,19,20). The highest BCUT2D eigenvalue weighted by molar-refractivity contribution is 9.10. The van der Waals surface area contributed by atoms with E-state index in [1.807, 2.05) is 0 Å². The Labute approximate surface area is 128 Å². The molecule has 3 atom stereocenters. The summed E-state index contributed by atoms with van der Waals surface area (Å²) in [5.41, 5.74) is 1.26. The molecule has 0 saturated heterocycles. The second-order valence-electron chi connectivity index (χ2n) is 5.56. The molecule has 1 aromatic carbocycles. The molecule has 2 rings (SSSR count). The normalized spacial score (nSPS) is 23.7. The van der Waals surface area contributed by atoms with Crippen molar-refractivity contribution in [2.24, 2.45) is 11.8 Å². The molecule has 3 nitrogen and oxygen atoms in total. The molecule has 110 valence electrons. The van der Waals surface area contributed by atoms with Crippen LogP contribution in [0.5, 0.6) is 0 Å². The molecule has 0 radical (unpaired) electrons. The molecule has 1 saturated carbocycles. The van der Waals surface area contributed by atoms with Gasteiger partial charge in [-0.25, -0.2) is 0 Å². The Balaban J connectivity index is 1.94. The highest BCUT2D eigenvalue weighted by Gasteiger charge is 2.32. The molecule has 2 N–H and O–H groups in total. The minimum atomic E-state index is -0.633. The molecule has 1 fully saturated rings. The molecule has 3 unspecified atom stereocenters. The molecule has 1 aromatic rings. The number of carbonyl (C=O) groups is 1. The van der Waals surface area contributed by atoms with Gasteiger partial charge in [0.15, 0.2) is 0 Å². The van der Waals surface area contributed by atoms with Gasteiger partial charge in [-0.3, -0.25) is 4.79 Å². The zero-order valence-electron chi connectivity index (χ0n) is 11.8. The van der Waals surface area contributed by atoms with Crippen LogP contribution in [0.15, 0.2) is 28.7 Å². The summed E-state index contributed by atoms with van der Waals surface area (Å²) in [6.45, 7) is 2.95. The largest absolute Gasteiger partial charge is 0.481 e. The number of hydrogen-bond acceptors (Lipinski definition) is 2. The summed E-state index contributed by atoms with van der Waals surface area (Å²) in [5, 5.41) is 12.8. The number of nitrogens with one attached hydrogen (secondary N) is 1. The monoisotopic (exact) mass is 339 g/mol. The Hall–Kier alpha value is -0.870. The first-order chi connectivity index (χ1) is 9.61. The van der Waals surface area contributed by atoms with Crippen molar-refractivity contribution in [2.45, 2.75) is 38.6 Å². The van der Waals surface area contributed by atoms with E-state index in [0.29, 0.717) is 6.04 Å². The third-order valence-electron chi connectivity index (χ3n) is 4.28. The smallest absolute Gasteiger partial charge is 0.306 e. The number of aliphatic carboxylic acids is 1. The van der Waals surface area contributed by atoms with E-state index in [4.69, 9.17) is 0 Å². The van der Waals surface area contributed by atoms with Gasteiger partial charge in [0.2, 0.25) is 0 Å². The average Bonchev–Trinajstić information content (AvgIpc) is 2.90. The molecule has 1 aliphatic carbocycles. The van der Waals surface area contributed by atoms with Gasteiger partial charge in [-0.2, -0.15) is 0 Å². The van der Waals surface area contributed by atoms with Gasteiger partial charge in [0, 0.05) is 10.5 Å². The summed E-state index contributed by atoms with van der Waals surface area (Å²) in [7, 11) is 0. The summed E-state index contributed by atoms with van der Waals surface area (Å²) < 4.78 is 1.08. The summed E-state index contributed by atoms with van der Waals surface area (Å²) in [4.78, 5) is 11.2. The van der Waals surface area contributed by atoms with E-state index in [0.717, 1.165) is 36.7 Å². The van der Waals surface area contributed by atoms with E-state index in [1.54, 1.807) is 0 Å². The first kappa shape index (κ1) is 15.5. The van der Waals surface area contributed by atoms with Crippen LogP contribution in [0.2, 0.25) is 0 Å². The van der Waals surface area contributed by atoms with E-state index in [2.05, 4.69) is 52.4 Å². The van der Waals surface area contributed by atoms with E-state index in [9.17, 15) is 9.90 Å². The predicted molar refractivity (Wildman–Crippen MR) is 83.6 cm³/mol. The summed E-state index contributed by atoms with van der Waals surface area (Å²) in [6, 6.07) is 8.64. The van der Waals surface area contributed by atoms with Crippen LogP contribution in [-0.4, -0.2) is 17.6 Å². The Morgan fingerprint density at radius 1 is 1.40 bits per heavy atom. The molecule has 0 bridgehead atoms. The lowest BCUT2D eigenvalue weighted by Gasteiger charge is -2.22. The van der Waals surface area contributed by atoms with Crippen molar-refractivity contribution in [2.75, 3.05) is 6.54 Å². The lowest BCUT2D eigenvalue weighted by atomic mass is 9.95. The molecular weight excluding hydrogens is 318 g/mol. The van der Waals surface area contributed by atoms with Gasteiger partial charge in [0.25, 0.3) is 0 Å². The van der Waals surface area contributed by atoms with Crippen LogP contribution in [0.1, 0.15) is 44.2 Å². The number of benzene rings is 1. The maximum atomic E-state index is 11.2. The molecule has 0 aromatic heterocycles. The molecule has 4 heteroatoms. The number of carboxylic acids is 1. The predicted octanol–water partition coefficient (Wildman–Crippen LogP) is 3.99. The molecule has 0 aliphatic heterocycles. The van der Waals surface area contributed by atoms with Crippen molar-refractivity contribution < 1.29 is 9.90 Å². The van der Waals surface area contributed by atoms with Crippen LogP contribution in [0.25, 0.3) is 0 Å². The second kappa shape index (κ2) is 7.23. The number of rotatable bonds is 6.